The summed E-state index contributed by atoms with van der Waals surface area (Å²) in [6.45, 7) is -0.181. The molecule has 41 heavy (non-hydrogen) atoms. The van der Waals surface area contributed by atoms with E-state index < -0.39 is 0 Å². The number of aryl methyl sites for hydroxylation is 2. The first-order valence-corrected chi connectivity index (χ1v) is 13.8. The maximum Gasteiger partial charge on any atom is 1.00 e. The van der Waals surface area contributed by atoms with Crippen molar-refractivity contribution in [3.05, 3.63) is 84.4 Å². The van der Waals surface area contributed by atoms with Gasteiger partial charge < -0.3 is 20.3 Å². The van der Waals surface area contributed by atoms with Crippen LogP contribution in [0, 0.1) is 0 Å². The van der Waals surface area contributed by atoms with Crippen molar-refractivity contribution in [2.75, 3.05) is 5.73 Å². The minimum atomic E-state index is -0.181. The maximum absolute atomic E-state index is 10.7. The van der Waals surface area contributed by atoms with E-state index in [2.05, 4.69) is 50.8 Å². The molecule has 10 heteroatoms. The Morgan fingerprint density at radius 1 is 0.927 bits per heavy atom. The number of alkyl halides is 1. The number of Topliss-reactive ketones (excluding diaryl/α,β-unsaturated/α-hetero) is 1. The number of aromatic nitrogens is 3. The van der Waals surface area contributed by atoms with Crippen LogP contribution in [0.5, 0.6) is 0 Å². The summed E-state index contributed by atoms with van der Waals surface area (Å²) in [5.74, 6) is 0.834. The number of rotatable bonds is 1. The molecule has 2 aliphatic rings. The van der Waals surface area contributed by atoms with Crippen molar-refractivity contribution in [3.63, 3.8) is 0 Å². The summed E-state index contributed by atoms with van der Waals surface area (Å²) in [6.07, 6.45) is 12.6. The summed E-state index contributed by atoms with van der Waals surface area (Å²) in [5.41, 5.74) is 9.52. The van der Waals surface area contributed by atoms with E-state index in [1.807, 2.05) is 30.3 Å². The van der Waals surface area contributed by atoms with Crippen molar-refractivity contribution >= 4 is 56.9 Å². The Bertz CT molecular complexity index is 1590. The molecule has 8 nitrogen and oxygen atoms in total. The summed E-state index contributed by atoms with van der Waals surface area (Å²) in [7, 11) is 0. The Morgan fingerprint density at radius 3 is 2.20 bits per heavy atom. The van der Waals surface area contributed by atoms with Crippen molar-refractivity contribution in [2.45, 2.75) is 56.7 Å². The van der Waals surface area contributed by atoms with E-state index in [0.29, 0.717) is 12.2 Å². The second-order valence-corrected chi connectivity index (χ2v) is 10.1. The summed E-state index contributed by atoms with van der Waals surface area (Å²) >= 11 is 5.62. The quantitative estimate of drug-likeness (QED) is 0.106. The first kappa shape index (κ1) is 32.5. The standard InChI is InChI=1S/C15H14N2.C9H8N2.C6H9ClO.CH2O3.Na/c1-2-6-12-11(5-1)9-10-17-14-8-4-3-7-13(14)16-15(12)17;10-9-8-4-2-1-3-7(8)5-6-11-9;7-5-3-1-2-4-6(5)8;2-1-4-3;/h1-2,5-6,9-10H,3-4,7-8H2;1-6H,(H2,10,11);5H,1-4H2;1,3H;/q;;;;+1/p-1. The van der Waals surface area contributed by atoms with Gasteiger partial charge >= 0.3 is 29.6 Å². The summed E-state index contributed by atoms with van der Waals surface area (Å²) in [6, 6.07) is 20.6. The zero-order valence-corrected chi connectivity index (χ0v) is 25.9. The van der Waals surface area contributed by atoms with Crippen LogP contribution in [0.2, 0.25) is 0 Å². The number of pyridine rings is 2. The second-order valence-electron chi connectivity index (χ2n) is 9.60. The van der Waals surface area contributed by atoms with Gasteiger partial charge in [0.2, 0.25) is 0 Å². The molecule has 0 bridgehead atoms. The van der Waals surface area contributed by atoms with Crippen molar-refractivity contribution in [1.29, 1.82) is 0 Å². The minimum absolute atomic E-state index is 0. The van der Waals surface area contributed by atoms with Crippen LogP contribution in [-0.2, 0) is 27.3 Å². The average Bonchev–Trinajstić information content (AvgIpc) is 3.39. The smallest absolute Gasteiger partial charge is 0.662 e. The van der Waals surface area contributed by atoms with Crippen LogP contribution in [0.4, 0.5) is 5.82 Å². The second kappa shape index (κ2) is 16.4. The van der Waals surface area contributed by atoms with Crippen LogP contribution < -0.4 is 40.5 Å². The zero-order chi connectivity index (χ0) is 28.3. The summed E-state index contributed by atoms with van der Waals surface area (Å²) in [4.78, 5) is 30.7. The molecule has 2 aromatic carbocycles. The molecular weight excluding hydrogens is 551 g/mol. The number of nitrogens with two attached hydrogens (primary N) is 1. The van der Waals surface area contributed by atoms with Gasteiger partial charge in [0.15, 0.2) is 5.78 Å². The third-order valence-electron chi connectivity index (χ3n) is 7.00. The minimum Gasteiger partial charge on any atom is -0.662 e. The number of ketones is 1. The molecule has 1 saturated carbocycles. The van der Waals surface area contributed by atoms with Crippen molar-refractivity contribution < 1.29 is 49.3 Å². The van der Waals surface area contributed by atoms with Gasteiger partial charge in [-0.1, -0.05) is 55.0 Å². The molecule has 208 valence electrons. The Kier molecular flexibility index (Phi) is 13.0. The van der Waals surface area contributed by atoms with Gasteiger partial charge in [-0.15, -0.1) is 11.6 Å². The van der Waals surface area contributed by atoms with Crippen LogP contribution in [0.15, 0.2) is 73.1 Å². The van der Waals surface area contributed by atoms with Crippen LogP contribution in [0.1, 0.15) is 49.9 Å². The van der Waals surface area contributed by atoms with E-state index in [4.69, 9.17) is 32.4 Å². The fourth-order valence-corrected chi connectivity index (χ4v) is 5.26. The van der Waals surface area contributed by atoms with Crippen LogP contribution in [0.25, 0.3) is 27.2 Å². The van der Waals surface area contributed by atoms with Crippen LogP contribution >= 0.6 is 11.6 Å². The molecule has 3 aromatic heterocycles. The normalized spacial score (nSPS) is 15.6. The number of imidazole rings is 1. The predicted molar refractivity (Wildman–Crippen MR) is 156 cm³/mol. The average molecular weight is 583 g/mol. The number of hydrogen-bond acceptors (Lipinski definition) is 7. The number of hydrogen-bond donors (Lipinski definition) is 1. The molecule has 7 rings (SSSR count). The molecule has 0 saturated heterocycles. The van der Waals surface area contributed by atoms with Gasteiger partial charge in [0.25, 0.3) is 6.47 Å². The van der Waals surface area contributed by atoms with E-state index in [-0.39, 0.29) is 47.2 Å². The molecule has 1 fully saturated rings. The molecule has 1 atom stereocenters. The van der Waals surface area contributed by atoms with Gasteiger partial charge in [0, 0.05) is 35.3 Å². The Morgan fingerprint density at radius 2 is 1.56 bits per heavy atom. The zero-order valence-electron chi connectivity index (χ0n) is 23.2. The number of fused-ring (bicyclic) bond motifs is 6. The number of carbonyl (C=O) groups excluding carboxylic acids is 2. The molecule has 2 N–H and O–H groups in total. The maximum atomic E-state index is 10.7. The van der Waals surface area contributed by atoms with E-state index in [1.54, 1.807) is 6.20 Å². The Balaban J connectivity index is 0.000000167. The van der Waals surface area contributed by atoms with E-state index in [0.717, 1.165) is 42.1 Å². The largest absolute Gasteiger partial charge is 1.00 e. The molecule has 0 radical (unpaired) electrons. The Labute approximate surface area is 266 Å². The van der Waals surface area contributed by atoms with Crippen molar-refractivity contribution in [1.82, 2.24) is 14.4 Å². The molecule has 0 amide bonds. The Hall–Kier alpha value is -3.01. The predicted octanol–water partition coefficient (Wildman–Crippen LogP) is 2.36. The molecule has 0 spiro atoms. The van der Waals surface area contributed by atoms with Gasteiger partial charge in [-0.25, -0.2) is 9.97 Å². The van der Waals surface area contributed by atoms with Gasteiger partial charge in [0.05, 0.1) is 11.1 Å². The number of carbonyl (C=O) groups is 2. The monoisotopic (exact) mass is 582 g/mol. The van der Waals surface area contributed by atoms with E-state index in [1.165, 1.54) is 41.4 Å². The van der Waals surface area contributed by atoms with E-state index >= 15 is 0 Å². The number of anilines is 1. The molecule has 0 aliphatic heterocycles. The topological polar surface area (TPSA) is 123 Å². The molecular formula is C31H32ClN4NaO4. The molecule has 5 aromatic rings. The van der Waals surface area contributed by atoms with Gasteiger partial charge in [-0.2, -0.15) is 0 Å². The fraction of sp³-hybridized carbons (Fsp3) is 0.290. The van der Waals surface area contributed by atoms with Crippen molar-refractivity contribution in [2.24, 2.45) is 0 Å². The van der Waals surface area contributed by atoms with Crippen LogP contribution in [-0.4, -0.2) is 32.0 Å². The molecule has 2 aliphatic carbocycles. The van der Waals surface area contributed by atoms with Gasteiger partial charge in [-0.05, 0) is 61.4 Å². The first-order chi connectivity index (χ1) is 19.5. The third kappa shape index (κ3) is 8.50. The van der Waals surface area contributed by atoms with Crippen molar-refractivity contribution in [3.8, 4) is 0 Å². The summed E-state index contributed by atoms with van der Waals surface area (Å²) in [5, 5.41) is 13.0. The third-order valence-corrected chi connectivity index (χ3v) is 7.46. The molecule has 3 heterocycles. The number of nitrogens with zero attached hydrogens (tertiary/aromatic N) is 3. The van der Waals surface area contributed by atoms with E-state index in [9.17, 15) is 4.79 Å². The fourth-order valence-electron chi connectivity index (χ4n) is 5.00. The van der Waals surface area contributed by atoms with Crippen LogP contribution in [0.3, 0.4) is 0 Å². The number of nitrogen functional groups attached to an aromatic ring is 1. The number of benzene rings is 2. The van der Waals surface area contributed by atoms with Gasteiger partial charge in [0.1, 0.15) is 11.5 Å². The number of halogens is 1. The van der Waals surface area contributed by atoms with Gasteiger partial charge in [-0.3, -0.25) is 9.59 Å². The summed E-state index contributed by atoms with van der Waals surface area (Å²) < 4.78 is 2.29. The first-order valence-electron chi connectivity index (χ1n) is 13.4. The SMILES string of the molecule is Nc1nccc2ccccc12.O=C1CCCCC1Cl.O=CO[O-].[Na+].c1ccc2c(c1)ccn1c3c(nc21)CCCC3. The molecule has 1 unspecified atom stereocenters.